The third-order valence-electron chi connectivity index (χ3n) is 3.01. The van der Waals surface area contributed by atoms with Gasteiger partial charge in [0.15, 0.2) is 0 Å². The highest BCUT2D eigenvalue weighted by Gasteiger charge is 2.25. The molecule has 0 aliphatic heterocycles. The van der Waals surface area contributed by atoms with Gasteiger partial charge in [0.2, 0.25) is 0 Å². The number of rotatable bonds is 7. The van der Waals surface area contributed by atoms with Crippen LogP contribution in [0.2, 0.25) is 0 Å². The van der Waals surface area contributed by atoms with E-state index in [0.29, 0.717) is 13.2 Å². The van der Waals surface area contributed by atoms with Crippen molar-refractivity contribution in [3.05, 3.63) is 26.6 Å². The first kappa shape index (κ1) is 17.5. The van der Waals surface area contributed by atoms with E-state index in [0.717, 1.165) is 35.4 Å². The first-order valence-electron chi connectivity index (χ1n) is 6.99. The molecule has 1 aliphatic carbocycles. The van der Waals surface area contributed by atoms with Crippen LogP contribution in [0, 0.1) is 10.1 Å². The van der Waals surface area contributed by atoms with E-state index >= 15 is 0 Å². The average molecular weight is 363 g/mol. The summed E-state index contributed by atoms with van der Waals surface area (Å²) >= 11 is 6.57. The molecule has 0 spiro atoms. The molecule has 0 saturated heterocycles. The summed E-state index contributed by atoms with van der Waals surface area (Å²) in [6, 6.07) is 1.59. The predicted octanol–water partition coefficient (Wildman–Crippen LogP) is 3.58. The van der Waals surface area contributed by atoms with Gasteiger partial charge in [-0.1, -0.05) is 11.3 Å². The second-order valence-corrected chi connectivity index (χ2v) is 8.79. The van der Waals surface area contributed by atoms with Gasteiger partial charge in [-0.15, -0.1) is 0 Å². The van der Waals surface area contributed by atoms with Crippen LogP contribution in [-0.4, -0.2) is 23.8 Å². The van der Waals surface area contributed by atoms with Crippen molar-refractivity contribution in [2.24, 2.45) is 5.10 Å². The standard InChI is InChI=1S/C12H18N3O4PS2/c1-3-18-20(21,19-4-2)14-13-10-6-5-7-11-9(10)8-12(22-11)15(16)17/h8H,3-7H2,1-2H3,(H,14,21)/b13-10-. The molecule has 0 radical (unpaired) electrons. The van der Waals surface area contributed by atoms with Gasteiger partial charge in [0.1, 0.15) is 0 Å². The number of nitrogens with one attached hydrogen (secondary N) is 1. The molecule has 0 saturated carbocycles. The predicted molar refractivity (Wildman–Crippen MR) is 91.1 cm³/mol. The van der Waals surface area contributed by atoms with Crippen molar-refractivity contribution in [2.75, 3.05) is 13.2 Å². The van der Waals surface area contributed by atoms with Gasteiger partial charge >= 0.3 is 11.6 Å². The molecular formula is C12H18N3O4PS2. The first-order chi connectivity index (χ1) is 10.5. The Hall–Kier alpha value is -0.860. The summed E-state index contributed by atoms with van der Waals surface area (Å²) in [4.78, 5) is 11.6. The Balaban J connectivity index is 2.23. The maximum atomic E-state index is 10.9. The summed E-state index contributed by atoms with van der Waals surface area (Å²) in [5.41, 5.74) is 1.62. The van der Waals surface area contributed by atoms with E-state index in [1.54, 1.807) is 6.07 Å². The van der Waals surface area contributed by atoms with Crippen molar-refractivity contribution < 1.29 is 14.0 Å². The lowest BCUT2D eigenvalue weighted by Crippen LogP contribution is -2.16. The third-order valence-corrected chi connectivity index (χ3v) is 6.57. The molecule has 122 valence electrons. The second kappa shape index (κ2) is 7.61. The molecule has 0 aromatic carbocycles. The lowest BCUT2D eigenvalue weighted by atomic mass is 9.97. The van der Waals surface area contributed by atoms with Gasteiger partial charge in [-0.25, -0.2) is 5.20 Å². The minimum absolute atomic E-state index is 0.147. The molecule has 0 bridgehead atoms. The van der Waals surface area contributed by atoms with Crippen LogP contribution in [0.15, 0.2) is 11.2 Å². The first-order valence-corrected chi connectivity index (χ1v) is 10.4. The van der Waals surface area contributed by atoms with E-state index < -0.39 is 6.64 Å². The number of thiophene rings is 1. The van der Waals surface area contributed by atoms with Crippen molar-refractivity contribution in [3.63, 3.8) is 0 Å². The Morgan fingerprint density at radius 2 is 2.14 bits per heavy atom. The van der Waals surface area contributed by atoms with Crippen LogP contribution in [0.3, 0.4) is 0 Å². The van der Waals surface area contributed by atoms with Gasteiger partial charge in [0.25, 0.3) is 0 Å². The molecule has 7 nitrogen and oxygen atoms in total. The Bertz CT molecular complexity index is 622. The highest BCUT2D eigenvalue weighted by molar-refractivity contribution is 8.08. The van der Waals surface area contributed by atoms with Gasteiger partial charge in [0.05, 0.1) is 23.8 Å². The van der Waals surface area contributed by atoms with Crippen molar-refractivity contribution in [2.45, 2.75) is 33.1 Å². The maximum absolute atomic E-state index is 10.9. The zero-order valence-electron chi connectivity index (χ0n) is 12.4. The second-order valence-electron chi connectivity index (χ2n) is 4.52. The number of hydrogen-bond donors (Lipinski definition) is 1. The number of hydrazone groups is 1. The summed E-state index contributed by atoms with van der Waals surface area (Å²) in [6.45, 7) is 1.91. The van der Waals surface area contributed by atoms with Crippen molar-refractivity contribution in [3.8, 4) is 0 Å². The van der Waals surface area contributed by atoms with E-state index in [1.807, 2.05) is 13.8 Å². The molecule has 1 aliphatic rings. The van der Waals surface area contributed by atoms with Gasteiger partial charge < -0.3 is 9.05 Å². The molecule has 0 fully saturated rings. The largest absolute Gasteiger partial charge is 0.325 e. The zero-order chi connectivity index (χ0) is 16.2. The fraction of sp³-hybridized carbons (Fsp3) is 0.583. The van der Waals surface area contributed by atoms with Crippen LogP contribution in [0.25, 0.3) is 0 Å². The van der Waals surface area contributed by atoms with Gasteiger partial charge in [-0.3, -0.25) is 10.1 Å². The van der Waals surface area contributed by atoms with Crippen LogP contribution in [0.4, 0.5) is 5.00 Å². The number of aryl methyl sites for hydroxylation is 1. The van der Waals surface area contributed by atoms with Crippen molar-refractivity contribution >= 4 is 40.5 Å². The van der Waals surface area contributed by atoms with Gasteiger partial charge in [0, 0.05) is 16.5 Å². The third kappa shape index (κ3) is 4.11. The van der Waals surface area contributed by atoms with Crippen LogP contribution in [0.1, 0.15) is 37.1 Å². The van der Waals surface area contributed by atoms with E-state index in [2.05, 4.69) is 10.3 Å². The summed E-state index contributed by atoms with van der Waals surface area (Å²) in [6.07, 6.45) is 2.51. The number of hydrogen-bond acceptors (Lipinski definition) is 7. The van der Waals surface area contributed by atoms with Crippen LogP contribution in [-0.2, 0) is 27.3 Å². The number of nitrogens with zero attached hydrogens (tertiary/aromatic N) is 2. The van der Waals surface area contributed by atoms with Crippen molar-refractivity contribution in [1.82, 2.24) is 5.20 Å². The smallest absolute Gasteiger partial charge is 0.313 e. The molecule has 0 amide bonds. The van der Waals surface area contributed by atoms with Gasteiger partial charge in [-0.2, -0.15) is 5.10 Å². The zero-order valence-corrected chi connectivity index (χ0v) is 14.9. The highest BCUT2D eigenvalue weighted by Crippen LogP contribution is 2.44. The molecule has 10 heteroatoms. The monoisotopic (exact) mass is 363 g/mol. The Labute approximate surface area is 138 Å². The average Bonchev–Trinajstić information content (AvgIpc) is 2.90. The fourth-order valence-electron chi connectivity index (χ4n) is 2.16. The van der Waals surface area contributed by atoms with Crippen molar-refractivity contribution in [1.29, 1.82) is 0 Å². The molecule has 0 unspecified atom stereocenters. The SMILES string of the molecule is CCOP(=S)(N/N=C1/CCCc2sc([N+](=O)[O-])cc21)OCC. The van der Waals surface area contributed by atoms with Crippen LogP contribution in [0.5, 0.6) is 0 Å². The fourth-order valence-corrected chi connectivity index (χ4v) is 5.06. The molecular weight excluding hydrogens is 345 g/mol. The summed E-state index contributed by atoms with van der Waals surface area (Å²) in [7, 11) is 0. The molecule has 2 rings (SSSR count). The topological polar surface area (TPSA) is 86.0 Å². The lowest BCUT2D eigenvalue weighted by molar-refractivity contribution is -0.380. The minimum Gasteiger partial charge on any atom is -0.313 e. The molecule has 0 atom stereocenters. The number of nitro groups is 1. The summed E-state index contributed by atoms with van der Waals surface area (Å²) < 4.78 is 10.9. The van der Waals surface area contributed by atoms with E-state index in [4.69, 9.17) is 20.9 Å². The van der Waals surface area contributed by atoms with Crippen LogP contribution < -0.4 is 5.20 Å². The maximum Gasteiger partial charge on any atom is 0.325 e. The highest BCUT2D eigenvalue weighted by atomic mass is 32.5. The van der Waals surface area contributed by atoms with Gasteiger partial charge in [-0.05, 0) is 44.9 Å². The molecule has 1 N–H and O–H groups in total. The molecule has 22 heavy (non-hydrogen) atoms. The minimum atomic E-state index is -2.64. The van der Waals surface area contributed by atoms with E-state index in [-0.39, 0.29) is 9.92 Å². The number of fused-ring (bicyclic) bond motifs is 1. The summed E-state index contributed by atoms with van der Waals surface area (Å²) in [5.74, 6) is 0. The van der Waals surface area contributed by atoms with Crippen LogP contribution >= 0.6 is 18.0 Å². The Morgan fingerprint density at radius 3 is 2.73 bits per heavy atom. The quantitative estimate of drug-likeness (QED) is 0.453. The lowest BCUT2D eigenvalue weighted by Gasteiger charge is -2.21. The normalized spacial score (nSPS) is 16.5. The van der Waals surface area contributed by atoms with E-state index in [9.17, 15) is 10.1 Å². The molecule has 1 aromatic heterocycles. The van der Waals surface area contributed by atoms with E-state index in [1.165, 1.54) is 11.3 Å². The Morgan fingerprint density at radius 1 is 1.45 bits per heavy atom. The molecule has 1 heterocycles. The Kier molecular flexibility index (Phi) is 6.05. The molecule has 1 aromatic rings. The summed E-state index contributed by atoms with van der Waals surface area (Å²) in [5, 5.41) is 18.3.